The second-order valence-corrected chi connectivity index (χ2v) is 2.02. The summed E-state index contributed by atoms with van der Waals surface area (Å²) in [6.07, 6.45) is 1.75. The minimum Gasteiger partial charge on any atom is -0.486 e. The van der Waals surface area contributed by atoms with E-state index in [-0.39, 0.29) is 0 Å². The third-order valence-electron chi connectivity index (χ3n) is 1.35. The Morgan fingerprint density at radius 2 is 2.60 bits per heavy atom. The van der Waals surface area contributed by atoms with Gasteiger partial charge in [0, 0.05) is 6.21 Å². The average molecular weight is 132 g/mol. The summed E-state index contributed by atoms with van der Waals surface area (Å²) in [7, 11) is 0. The number of rotatable bonds is 0. The Morgan fingerprint density at radius 1 is 1.60 bits per heavy atom. The SMILES string of the molecule is [c]1ccc2c(c1)OCC=N2. The first-order valence-electron chi connectivity index (χ1n) is 3.12. The Kier molecular flexibility index (Phi) is 1.17. The minimum absolute atomic E-state index is 0.574. The molecule has 2 rings (SSSR count). The highest BCUT2D eigenvalue weighted by Gasteiger charge is 2.02. The zero-order chi connectivity index (χ0) is 6.81. The molecule has 0 N–H and O–H groups in total. The molecule has 49 valence electrons. The third-order valence-corrected chi connectivity index (χ3v) is 1.35. The highest BCUT2D eigenvalue weighted by atomic mass is 16.5. The maximum Gasteiger partial charge on any atom is 0.146 e. The van der Waals surface area contributed by atoms with Crippen LogP contribution in [0.5, 0.6) is 5.75 Å². The van der Waals surface area contributed by atoms with Crippen molar-refractivity contribution in [3.05, 3.63) is 24.3 Å². The molecule has 1 heterocycles. The van der Waals surface area contributed by atoms with E-state index in [1.165, 1.54) is 0 Å². The van der Waals surface area contributed by atoms with E-state index in [9.17, 15) is 0 Å². The average Bonchev–Trinajstić information content (AvgIpc) is 2.05. The summed E-state index contributed by atoms with van der Waals surface area (Å²) in [4.78, 5) is 4.12. The number of benzene rings is 1. The van der Waals surface area contributed by atoms with E-state index < -0.39 is 0 Å². The number of fused-ring (bicyclic) bond motifs is 1. The number of hydrogen-bond acceptors (Lipinski definition) is 2. The fraction of sp³-hybridized carbons (Fsp3) is 0.125. The third kappa shape index (κ3) is 0.778. The molecule has 0 amide bonds. The van der Waals surface area contributed by atoms with Gasteiger partial charge in [-0.3, -0.25) is 4.99 Å². The van der Waals surface area contributed by atoms with Crippen molar-refractivity contribution < 1.29 is 4.74 Å². The Hall–Kier alpha value is -1.31. The molecule has 1 radical (unpaired) electrons. The molecule has 2 heteroatoms. The first-order valence-corrected chi connectivity index (χ1v) is 3.12. The lowest BCUT2D eigenvalue weighted by molar-refractivity contribution is 0.377. The largest absolute Gasteiger partial charge is 0.486 e. The molecule has 0 saturated carbocycles. The van der Waals surface area contributed by atoms with Gasteiger partial charge in [-0.25, -0.2) is 0 Å². The van der Waals surface area contributed by atoms with Crippen LogP contribution < -0.4 is 4.74 Å². The van der Waals surface area contributed by atoms with Gasteiger partial charge < -0.3 is 4.74 Å². The summed E-state index contributed by atoms with van der Waals surface area (Å²) in [6, 6.07) is 8.42. The number of aliphatic imine (C=N–C) groups is 1. The Labute approximate surface area is 59.2 Å². The van der Waals surface area contributed by atoms with Gasteiger partial charge in [0.25, 0.3) is 0 Å². The molecule has 1 aliphatic heterocycles. The molecule has 0 spiro atoms. The predicted molar refractivity (Wildman–Crippen MR) is 38.9 cm³/mol. The van der Waals surface area contributed by atoms with Crippen LogP contribution in [0.15, 0.2) is 23.2 Å². The number of hydrogen-bond donors (Lipinski definition) is 0. The van der Waals surface area contributed by atoms with Crippen molar-refractivity contribution in [3.8, 4) is 5.75 Å². The van der Waals surface area contributed by atoms with E-state index in [1.54, 1.807) is 12.3 Å². The summed E-state index contributed by atoms with van der Waals surface area (Å²) in [5.41, 5.74) is 0.894. The van der Waals surface area contributed by atoms with Gasteiger partial charge in [-0.2, -0.15) is 0 Å². The zero-order valence-corrected chi connectivity index (χ0v) is 5.37. The van der Waals surface area contributed by atoms with Crippen LogP contribution in [-0.4, -0.2) is 12.8 Å². The molecular formula is C8H6NO. The van der Waals surface area contributed by atoms with Crippen LogP contribution in [0.1, 0.15) is 0 Å². The standard InChI is InChI=1S/C8H6NO/c1-2-4-8-7(3-1)9-5-6-10-8/h1,3-5H,6H2. The highest BCUT2D eigenvalue weighted by Crippen LogP contribution is 2.27. The molecule has 0 aliphatic carbocycles. The second kappa shape index (κ2) is 2.14. The topological polar surface area (TPSA) is 21.6 Å². The number of ether oxygens (including phenoxy) is 1. The maximum atomic E-state index is 5.24. The van der Waals surface area contributed by atoms with Crippen molar-refractivity contribution in [2.45, 2.75) is 0 Å². The van der Waals surface area contributed by atoms with Gasteiger partial charge in [-0.05, 0) is 18.2 Å². The summed E-state index contributed by atoms with van der Waals surface area (Å²) in [6.45, 7) is 0.574. The molecular weight excluding hydrogens is 126 g/mol. The van der Waals surface area contributed by atoms with Crippen LogP contribution in [0.25, 0.3) is 0 Å². The summed E-state index contributed by atoms with van der Waals surface area (Å²) in [5.74, 6) is 0.824. The molecule has 10 heavy (non-hydrogen) atoms. The smallest absolute Gasteiger partial charge is 0.146 e. The lowest BCUT2D eigenvalue weighted by Crippen LogP contribution is -2.01. The van der Waals surface area contributed by atoms with Crippen molar-refractivity contribution in [2.75, 3.05) is 6.61 Å². The van der Waals surface area contributed by atoms with Crippen LogP contribution in [0.3, 0.4) is 0 Å². The molecule has 1 aromatic carbocycles. The van der Waals surface area contributed by atoms with Crippen LogP contribution >= 0.6 is 0 Å². The molecule has 0 aromatic heterocycles. The second-order valence-electron chi connectivity index (χ2n) is 2.02. The quantitative estimate of drug-likeness (QED) is 0.525. The van der Waals surface area contributed by atoms with Gasteiger partial charge in [0.05, 0.1) is 0 Å². The van der Waals surface area contributed by atoms with Crippen molar-refractivity contribution in [3.63, 3.8) is 0 Å². The molecule has 0 saturated heterocycles. The zero-order valence-electron chi connectivity index (χ0n) is 5.37. The highest BCUT2D eigenvalue weighted by molar-refractivity contribution is 5.70. The first-order chi connectivity index (χ1) is 4.97. The van der Waals surface area contributed by atoms with Crippen molar-refractivity contribution in [1.29, 1.82) is 0 Å². The van der Waals surface area contributed by atoms with E-state index in [4.69, 9.17) is 4.74 Å². The molecule has 0 unspecified atom stereocenters. The Bertz CT molecular complexity index is 268. The van der Waals surface area contributed by atoms with Crippen molar-refractivity contribution in [2.24, 2.45) is 4.99 Å². The summed E-state index contributed by atoms with van der Waals surface area (Å²) >= 11 is 0. The summed E-state index contributed by atoms with van der Waals surface area (Å²) < 4.78 is 5.24. The van der Waals surface area contributed by atoms with Crippen LogP contribution in [0, 0.1) is 6.07 Å². The lowest BCUT2D eigenvalue weighted by atomic mass is 10.3. The normalized spacial score (nSPS) is 14.0. The van der Waals surface area contributed by atoms with Gasteiger partial charge >= 0.3 is 0 Å². The molecule has 1 aromatic rings. The minimum atomic E-state index is 0.574. The Morgan fingerprint density at radius 3 is 3.50 bits per heavy atom. The van der Waals surface area contributed by atoms with E-state index in [0.717, 1.165) is 11.4 Å². The van der Waals surface area contributed by atoms with Crippen LogP contribution in [-0.2, 0) is 0 Å². The van der Waals surface area contributed by atoms with Gasteiger partial charge in [0.1, 0.15) is 18.0 Å². The van der Waals surface area contributed by atoms with Gasteiger partial charge in [0.2, 0.25) is 0 Å². The van der Waals surface area contributed by atoms with E-state index >= 15 is 0 Å². The van der Waals surface area contributed by atoms with Gasteiger partial charge in [-0.15, -0.1) is 0 Å². The fourth-order valence-corrected chi connectivity index (χ4v) is 0.892. The first kappa shape index (κ1) is 5.47. The van der Waals surface area contributed by atoms with Crippen molar-refractivity contribution >= 4 is 11.9 Å². The number of nitrogens with zero attached hydrogens (tertiary/aromatic N) is 1. The van der Waals surface area contributed by atoms with E-state index in [0.29, 0.717) is 6.61 Å². The monoisotopic (exact) mass is 132 g/mol. The molecule has 0 bridgehead atoms. The molecule has 2 nitrogen and oxygen atoms in total. The summed E-state index contributed by atoms with van der Waals surface area (Å²) in [5, 5.41) is 0. The lowest BCUT2D eigenvalue weighted by Gasteiger charge is -2.09. The molecule has 0 atom stereocenters. The predicted octanol–water partition coefficient (Wildman–Crippen LogP) is 1.58. The van der Waals surface area contributed by atoms with Gasteiger partial charge in [0.15, 0.2) is 0 Å². The Balaban J connectivity index is 2.54. The van der Waals surface area contributed by atoms with E-state index in [1.807, 2.05) is 12.1 Å². The molecule has 0 fully saturated rings. The van der Waals surface area contributed by atoms with Crippen LogP contribution in [0.4, 0.5) is 5.69 Å². The van der Waals surface area contributed by atoms with Gasteiger partial charge in [-0.1, -0.05) is 6.07 Å². The molecule has 1 aliphatic rings. The fourth-order valence-electron chi connectivity index (χ4n) is 0.892. The van der Waals surface area contributed by atoms with E-state index in [2.05, 4.69) is 11.1 Å². The maximum absolute atomic E-state index is 5.24. The van der Waals surface area contributed by atoms with Crippen LogP contribution in [0.2, 0.25) is 0 Å². The van der Waals surface area contributed by atoms with Crippen molar-refractivity contribution in [1.82, 2.24) is 0 Å².